The van der Waals surface area contributed by atoms with Crippen LogP contribution >= 0.6 is 0 Å². The van der Waals surface area contributed by atoms with E-state index in [0.29, 0.717) is 18.1 Å². The van der Waals surface area contributed by atoms with Crippen LogP contribution in [-0.4, -0.2) is 70.8 Å². The van der Waals surface area contributed by atoms with Crippen LogP contribution in [0.2, 0.25) is 0 Å². The molecule has 3 rings (SSSR count). The van der Waals surface area contributed by atoms with Gasteiger partial charge in [0.25, 0.3) is 0 Å². The Kier molecular flexibility index (Phi) is 7.24. The first kappa shape index (κ1) is 22.0. The van der Waals surface area contributed by atoms with Gasteiger partial charge < -0.3 is 39.4 Å². The fraction of sp³-hybridized carbons (Fsp3) is 0.381. The molecule has 2 aromatic rings. The molecule has 1 aliphatic rings. The SMILES string of the molecule is COc1cc(C(=O)OC[C@H]2OC(O)[C@H](O)[C@@H](O)[C@H]2O)ccc1OCc1ccccc1. The Balaban J connectivity index is 1.60. The predicted molar refractivity (Wildman–Crippen MR) is 103 cm³/mol. The third kappa shape index (κ3) is 5.07. The third-order valence-electron chi connectivity index (χ3n) is 4.70. The number of hydrogen-bond acceptors (Lipinski definition) is 9. The second-order valence-corrected chi connectivity index (χ2v) is 6.78. The van der Waals surface area contributed by atoms with Crippen LogP contribution in [0.3, 0.4) is 0 Å². The van der Waals surface area contributed by atoms with Gasteiger partial charge in [-0.1, -0.05) is 30.3 Å². The smallest absolute Gasteiger partial charge is 0.338 e. The monoisotopic (exact) mass is 420 g/mol. The number of ether oxygens (including phenoxy) is 4. The number of carbonyl (C=O) groups is 1. The van der Waals surface area contributed by atoms with Gasteiger partial charge in [0.1, 0.15) is 37.6 Å². The molecule has 0 aliphatic carbocycles. The van der Waals surface area contributed by atoms with Crippen molar-refractivity contribution in [1.82, 2.24) is 0 Å². The zero-order valence-electron chi connectivity index (χ0n) is 16.2. The first-order valence-electron chi connectivity index (χ1n) is 9.30. The molecule has 5 atom stereocenters. The standard InChI is InChI=1S/C21H24O9/c1-27-15-9-13(7-8-14(15)28-10-12-5-3-2-4-6-12)20(25)29-11-16-17(22)18(23)19(24)21(26)30-16/h2-9,16-19,21-24,26H,10-11H2,1H3/t16-,17+,18+,19-,21?/m1/s1. The van der Waals surface area contributed by atoms with E-state index < -0.39 is 43.3 Å². The van der Waals surface area contributed by atoms with Gasteiger partial charge in [-0.25, -0.2) is 4.79 Å². The molecule has 9 nitrogen and oxygen atoms in total. The summed E-state index contributed by atoms with van der Waals surface area (Å²) in [6.07, 6.45) is -7.70. The maximum absolute atomic E-state index is 12.4. The summed E-state index contributed by atoms with van der Waals surface area (Å²) >= 11 is 0. The molecule has 1 saturated heterocycles. The average Bonchev–Trinajstić information content (AvgIpc) is 2.78. The second kappa shape index (κ2) is 9.88. The van der Waals surface area contributed by atoms with E-state index in [-0.39, 0.29) is 5.56 Å². The van der Waals surface area contributed by atoms with E-state index >= 15 is 0 Å². The minimum atomic E-state index is -1.70. The van der Waals surface area contributed by atoms with Crippen LogP contribution in [0.15, 0.2) is 48.5 Å². The minimum absolute atomic E-state index is 0.172. The van der Waals surface area contributed by atoms with E-state index in [1.165, 1.54) is 19.2 Å². The number of esters is 1. The van der Waals surface area contributed by atoms with Gasteiger partial charge >= 0.3 is 5.97 Å². The number of methoxy groups -OCH3 is 1. The lowest BCUT2D eigenvalue weighted by atomic mass is 9.99. The first-order chi connectivity index (χ1) is 14.4. The molecule has 0 spiro atoms. The summed E-state index contributed by atoms with van der Waals surface area (Å²) in [5.74, 6) is 0.0567. The van der Waals surface area contributed by atoms with E-state index in [0.717, 1.165) is 5.56 Å². The molecule has 30 heavy (non-hydrogen) atoms. The Bertz CT molecular complexity index is 842. The summed E-state index contributed by atoms with van der Waals surface area (Å²) in [6.45, 7) is -0.107. The van der Waals surface area contributed by atoms with Crippen LogP contribution in [0.5, 0.6) is 11.5 Å². The number of aliphatic hydroxyl groups is 4. The summed E-state index contributed by atoms with van der Waals surface area (Å²) in [5, 5.41) is 38.6. The minimum Gasteiger partial charge on any atom is -0.493 e. The Morgan fingerprint density at radius 2 is 1.70 bits per heavy atom. The average molecular weight is 420 g/mol. The molecule has 0 bridgehead atoms. The fourth-order valence-corrected chi connectivity index (χ4v) is 2.96. The summed E-state index contributed by atoms with van der Waals surface area (Å²) < 4.78 is 21.1. The van der Waals surface area contributed by atoms with E-state index in [9.17, 15) is 25.2 Å². The lowest BCUT2D eigenvalue weighted by Crippen LogP contribution is -2.58. The highest BCUT2D eigenvalue weighted by molar-refractivity contribution is 5.90. The molecule has 1 fully saturated rings. The van der Waals surface area contributed by atoms with Crippen LogP contribution < -0.4 is 9.47 Å². The molecule has 0 saturated carbocycles. The maximum Gasteiger partial charge on any atom is 0.338 e. The van der Waals surface area contributed by atoms with Crippen LogP contribution in [0.25, 0.3) is 0 Å². The van der Waals surface area contributed by atoms with Gasteiger partial charge in [-0.2, -0.15) is 0 Å². The van der Waals surface area contributed by atoms with Crippen molar-refractivity contribution >= 4 is 5.97 Å². The van der Waals surface area contributed by atoms with Gasteiger partial charge in [0, 0.05) is 0 Å². The van der Waals surface area contributed by atoms with Crippen molar-refractivity contribution in [2.45, 2.75) is 37.3 Å². The maximum atomic E-state index is 12.4. The molecule has 9 heteroatoms. The van der Waals surface area contributed by atoms with Crippen molar-refractivity contribution in [2.75, 3.05) is 13.7 Å². The highest BCUT2D eigenvalue weighted by Crippen LogP contribution is 2.29. The van der Waals surface area contributed by atoms with Crippen LogP contribution in [0.4, 0.5) is 0 Å². The fourth-order valence-electron chi connectivity index (χ4n) is 2.96. The first-order valence-corrected chi connectivity index (χ1v) is 9.30. The van der Waals surface area contributed by atoms with E-state index in [1.807, 2.05) is 30.3 Å². The Morgan fingerprint density at radius 1 is 0.967 bits per heavy atom. The molecule has 4 N–H and O–H groups in total. The highest BCUT2D eigenvalue weighted by Gasteiger charge is 2.43. The van der Waals surface area contributed by atoms with Gasteiger partial charge in [-0.15, -0.1) is 0 Å². The van der Waals surface area contributed by atoms with Crippen molar-refractivity contribution < 1.29 is 44.2 Å². The summed E-state index contributed by atoms with van der Waals surface area (Å²) in [6, 6.07) is 14.1. The van der Waals surface area contributed by atoms with Crippen LogP contribution in [-0.2, 0) is 16.1 Å². The summed E-state index contributed by atoms with van der Waals surface area (Å²) in [7, 11) is 1.44. The number of hydrogen-bond donors (Lipinski definition) is 4. The molecule has 2 aromatic carbocycles. The van der Waals surface area contributed by atoms with Crippen molar-refractivity contribution in [1.29, 1.82) is 0 Å². The van der Waals surface area contributed by atoms with Crippen molar-refractivity contribution in [3.8, 4) is 11.5 Å². The van der Waals surface area contributed by atoms with Crippen molar-refractivity contribution in [2.24, 2.45) is 0 Å². The quantitative estimate of drug-likeness (QED) is 0.464. The molecule has 0 amide bonds. The second-order valence-electron chi connectivity index (χ2n) is 6.78. The zero-order chi connectivity index (χ0) is 21.7. The number of aliphatic hydroxyl groups excluding tert-OH is 4. The lowest BCUT2D eigenvalue weighted by molar-refractivity contribution is -0.286. The van der Waals surface area contributed by atoms with E-state index in [4.69, 9.17) is 18.9 Å². The third-order valence-corrected chi connectivity index (χ3v) is 4.70. The molecule has 1 heterocycles. The topological polar surface area (TPSA) is 135 Å². The number of benzene rings is 2. The molecule has 0 radical (unpaired) electrons. The molecule has 162 valence electrons. The highest BCUT2D eigenvalue weighted by atomic mass is 16.6. The number of rotatable bonds is 7. The summed E-state index contributed by atoms with van der Waals surface area (Å²) in [5.41, 5.74) is 1.15. The van der Waals surface area contributed by atoms with Gasteiger partial charge in [0.05, 0.1) is 12.7 Å². The Hall–Kier alpha value is -2.69. The van der Waals surface area contributed by atoms with E-state index in [1.54, 1.807) is 6.07 Å². The normalized spacial score (nSPS) is 26.1. The van der Waals surface area contributed by atoms with Gasteiger partial charge in [0.15, 0.2) is 17.8 Å². The molecular formula is C21H24O9. The largest absolute Gasteiger partial charge is 0.493 e. The van der Waals surface area contributed by atoms with Gasteiger partial charge in [-0.05, 0) is 23.8 Å². The molecule has 0 aromatic heterocycles. The zero-order valence-corrected chi connectivity index (χ0v) is 16.2. The van der Waals surface area contributed by atoms with Crippen molar-refractivity contribution in [3.63, 3.8) is 0 Å². The Morgan fingerprint density at radius 3 is 2.40 bits per heavy atom. The lowest BCUT2D eigenvalue weighted by Gasteiger charge is -2.37. The molecule has 1 unspecified atom stereocenters. The molecular weight excluding hydrogens is 396 g/mol. The Labute approximate surface area is 173 Å². The van der Waals surface area contributed by atoms with Gasteiger partial charge in [-0.3, -0.25) is 0 Å². The predicted octanol–water partition coefficient (Wildman–Crippen LogP) is 0.231. The van der Waals surface area contributed by atoms with E-state index in [2.05, 4.69) is 0 Å². The van der Waals surface area contributed by atoms with Crippen LogP contribution in [0.1, 0.15) is 15.9 Å². The number of carbonyl (C=O) groups excluding carboxylic acids is 1. The van der Waals surface area contributed by atoms with Gasteiger partial charge in [0.2, 0.25) is 0 Å². The summed E-state index contributed by atoms with van der Waals surface area (Å²) in [4.78, 5) is 12.4. The molecule has 1 aliphatic heterocycles. The van der Waals surface area contributed by atoms with Crippen molar-refractivity contribution in [3.05, 3.63) is 59.7 Å². The van der Waals surface area contributed by atoms with Crippen LogP contribution in [0, 0.1) is 0 Å².